The van der Waals surface area contributed by atoms with Crippen LogP contribution in [0.5, 0.6) is 5.75 Å². The van der Waals surface area contributed by atoms with Crippen LogP contribution in [0.25, 0.3) is 0 Å². The van der Waals surface area contributed by atoms with E-state index in [0.717, 1.165) is 0 Å². The number of para-hydroxylation sites is 1. The van der Waals surface area contributed by atoms with Gasteiger partial charge in [0.05, 0.1) is 0 Å². The predicted molar refractivity (Wildman–Crippen MR) is 38.9 cm³/mol. The van der Waals surface area contributed by atoms with Crippen molar-refractivity contribution in [2.45, 2.75) is 0 Å². The van der Waals surface area contributed by atoms with Crippen molar-refractivity contribution in [2.24, 2.45) is 0 Å². The molecule has 0 saturated carbocycles. The summed E-state index contributed by atoms with van der Waals surface area (Å²) in [4.78, 5) is 10.3. The van der Waals surface area contributed by atoms with Gasteiger partial charge >= 0.3 is 63.4 Å². The molecule has 0 saturated heterocycles. The van der Waals surface area contributed by atoms with Crippen molar-refractivity contribution in [1.29, 1.82) is 0 Å². The van der Waals surface area contributed by atoms with Gasteiger partial charge in [-0.05, 0) is 0 Å². The number of carbonyl (C=O) groups excluding carboxylic acids is 1. The average molecular weight is 148 g/mol. The third-order valence-corrected chi connectivity index (χ3v) is 1.22. The fourth-order valence-electron chi connectivity index (χ4n) is 0.737. The van der Waals surface area contributed by atoms with E-state index < -0.39 is 0 Å². The van der Waals surface area contributed by atoms with Crippen molar-refractivity contribution >= 4 is 13.6 Å². The molecule has 4 heteroatoms. The predicted octanol–water partition coefficient (Wildman–Crippen LogP) is 0.843. The number of aldehydes is 1. The topological polar surface area (TPSA) is 43.4 Å². The van der Waals surface area contributed by atoms with E-state index in [9.17, 15) is 9.50 Å². The van der Waals surface area contributed by atoms with Gasteiger partial charge in [0, 0.05) is 0 Å². The normalized spacial score (nSPS) is 8.36. The van der Waals surface area contributed by atoms with Crippen LogP contribution in [0.15, 0.2) is 24.3 Å². The van der Waals surface area contributed by atoms with E-state index >= 15 is 0 Å². The monoisotopic (exact) mass is 148 g/mol. The van der Waals surface area contributed by atoms with Crippen LogP contribution in [0.4, 0.5) is 0 Å². The Bertz CT molecular complexity index is 272. The fraction of sp³-hybridized carbons (Fsp3) is 0. The summed E-state index contributed by atoms with van der Waals surface area (Å²) in [6.45, 7) is 0. The first-order valence-corrected chi connectivity index (χ1v) is 3.03. The number of carbonyl (C=O) groups is 1. The van der Waals surface area contributed by atoms with E-state index in [4.69, 9.17) is 0 Å². The molecule has 0 fully saturated rings. The quantitative estimate of drug-likeness (QED) is 0.471. The van der Waals surface area contributed by atoms with Gasteiger partial charge in [0.1, 0.15) is 0 Å². The van der Waals surface area contributed by atoms with Gasteiger partial charge in [-0.2, -0.15) is 0 Å². The Balaban J connectivity index is 3.01. The average Bonchev–Trinajstić information content (AvgIpc) is 2.06. The zero-order valence-electron chi connectivity index (χ0n) is 5.69. The van der Waals surface area contributed by atoms with Gasteiger partial charge in [-0.15, -0.1) is 0 Å². The maximum absolute atomic E-state index is 10.3. The van der Waals surface area contributed by atoms with Crippen molar-refractivity contribution < 1.29 is 14.2 Å². The first-order chi connectivity index (χ1) is 5.38. The molecule has 1 rings (SSSR count). The van der Waals surface area contributed by atoms with E-state index in [1.165, 1.54) is 0 Å². The maximum atomic E-state index is 10.3. The van der Waals surface area contributed by atoms with Crippen LogP contribution >= 0.6 is 0 Å². The van der Waals surface area contributed by atoms with Crippen LogP contribution < -0.4 is 4.65 Å². The summed E-state index contributed by atoms with van der Waals surface area (Å²) in [5.41, 5.74) is 0.375. The molecular weight excluding hydrogens is 143 g/mol. The number of benzene rings is 1. The molecule has 11 heavy (non-hydrogen) atoms. The molecule has 0 bridgehead atoms. The Morgan fingerprint density at radius 2 is 2.09 bits per heavy atom. The van der Waals surface area contributed by atoms with Crippen molar-refractivity contribution in [2.75, 3.05) is 0 Å². The summed E-state index contributed by atoms with van der Waals surface area (Å²) in [6, 6.07) is 6.51. The van der Waals surface area contributed by atoms with Gasteiger partial charge in [0.25, 0.3) is 0 Å². The Morgan fingerprint density at radius 3 is 2.73 bits per heavy atom. The first-order valence-electron chi connectivity index (χ1n) is 3.03. The van der Waals surface area contributed by atoms with E-state index in [1.54, 1.807) is 24.3 Å². The van der Waals surface area contributed by atoms with E-state index in [1.807, 2.05) is 0 Å². The molecule has 3 nitrogen and oxygen atoms in total. The van der Waals surface area contributed by atoms with Crippen LogP contribution in [0, 0.1) is 0 Å². The summed E-state index contributed by atoms with van der Waals surface area (Å²) in [5, 5.41) is 0. The third-order valence-electron chi connectivity index (χ3n) is 1.22. The molecule has 54 valence electrons. The molecule has 1 aromatic rings. The molecule has 0 N–H and O–H groups in total. The minimum atomic E-state index is 0.289. The molecule has 0 radical (unpaired) electrons. The van der Waals surface area contributed by atoms with Crippen molar-refractivity contribution in [3.8, 4) is 5.75 Å². The Kier molecular flexibility index (Phi) is 2.55. The zero-order valence-corrected chi connectivity index (χ0v) is 5.69. The Labute approximate surface area is 64.3 Å². The molecule has 0 aliphatic carbocycles. The molecule has 1 aromatic carbocycles. The van der Waals surface area contributed by atoms with E-state index in [-0.39, 0.29) is 5.75 Å². The Morgan fingerprint density at radius 1 is 1.36 bits per heavy atom. The van der Waals surface area contributed by atoms with Gasteiger partial charge in [0.15, 0.2) is 0 Å². The molecule has 0 aliphatic rings. The summed E-state index contributed by atoms with van der Waals surface area (Å²) < 4.78 is 14.4. The molecule has 0 unspecified atom stereocenters. The van der Waals surface area contributed by atoms with Crippen LogP contribution in [-0.4, -0.2) is 13.6 Å². The second-order valence-electron chi connectivity index (χ2n) is 1.87. The summed E-state index contributed by atoms with van der Waals surface area (Å²) in [6.07, 6.45) is 0.638. The van der Waals surface area contributed by atoms with Gasteiger partial charge in [-0.1, -0.05) is 0 Å². The van der Waals surface area contributed by atoms with Crippen molar-refractivity contribution in [3.63, 3.8) is 0 Å². The molecule has 0 aromatic heterocycles. The van der Waals surface area contributed by atoms with Gasteiger partial charge in [-0.3, -0.25) is 0 Å². The fourth-order valence-corrected chi connectivity index (χ4v) is 0.737. The molecule has 0 spiro atoms. The van der Waals surface area contributed by atoms with Gasteiger partial charge in [0.2, 0.25) is 0 Å². The molecule has 0 aliphatic heterocycles. The van der Waals surface area contributed by atoms with Crippen LogP contribution in [0.2, 0.25) is 0 Å². The van der Waals surface area contributed by atoms with Crippen LogP contribution in [-0.2, 0) is 4.70 Å². The minimum absolute atomic E-state index is 0.289. The van der Waals surface area contributed by atoms with E-state index in [2.05, 4.69) is 4.65 Å². The van der Waals surface area contributed by atoms with Crippen LogP contribution in [0.1, 0.15) is 10.4 Å². The molecule has 0 atom stereocenters. The molecule has 0 amide bonds. The van der Waals surface area contributed by atoms with Crippen molar-refractivity contribution in [1.82, 2.24) is 0 Å². The SMILES string of the molecule is O=BOc1ccccc1C=O. The Hall–Kier alpha value is -1.45. The third kappa shape index (κ3) is 1.74. The summed E-state index contributed by atoms with van der Waals surface area (Å²) in [7, 11) is 0.294. The second-order valence-corrected chi connectivity index (χ2v) is 1.87. The van der Waals surface area contributed by atoms with Crippen molar-refractivity contribution in [3.05, 3.63) is 29.8 Å². The summed E-state index contributed by atoms with van der Waals surface area (Å²) >= 11 is 0. The molecule has 0 heterocycles. The van der Waals surface area contributed by atoms with Gasteiger partial charge in [-0.25, -0.2) is 0 Å². The number of hydrogen-bond donors (Lipinski definition) is 0. The van der Waals surface area contributed by atoms with Crippen LogP contribution in [0.3, 0.4) is 0 Å². The van der Waals surface area contributed by atoms with Gasteiger partial charge < -0.3 is 0 Å². The summed E-state index contributed by atoms with van der Waals surface area (Å²) in [5.74, 6) is 0.289. The standard InChI is InChI=1S/C7H5BO3/c9-5-6-3-1-2-4-7(6)11-8-10/h1-5H. The second kappa shape index (κ2) is 3.66. The number of rotatable bonds is 3. The van der Waals surface area contributed by atoms with E-state index in [0.29, 0.717) is 19.2 Å². The molecular formula is C7H5BO3. The zero-order chi connectivity index (χ0) is 8.10. The number of hydrogen-bond acceptors (Lipinski definition) is 3. The first kappa shape index (κ1) is 7.66.